The molecule has 0 saturated carbocycles. The fraction of sp³-hybridized carbons (Fsp3) is 0.857. The van der Waals surface area contributed by atoms with E-state index >= 15 is 0 Å². The predicted molar refractivity (Wildman–Crippen MR) is 78.5 cm³/mol. The average Bonchev–Trinajstić information content (AvgIpc) is 2.27. The van der Waals surface area contributed by atoms with Crippen molar-refractivity contribution in [3.8, 4) is 0 Å². The van der Waals surface area contributed by atoms with E-state index in [1.807, 2.05) is 0 Å². The van der Waals surface area contributed by atoms with E-state index < -0.39 is 34.0 Å². The van der Waals surface area contributed by atoms with E-state index in [4.69, 9.17) is 4.74 Å². The van der Waals surface area contributed by atoms with Gasteiger partial charge in [-0.25, -0.2) is 9.59 Å². The van der Waals surface area contributed by atoms with Crippen LogP contribution in [0.5, 0.6) is 0 Å². The monoisotopic (exact) mass is 317 g/mol. The standard InChI is InChI=1S/C14H23NO5S/c1-13(2,3)20-12(18)15-14(11(16)17)7-9-5-4-6-10(8-14)21(9)19/h9-10H,4-8H2,1-3H3,(H,15,18)(H,16,17). The van der Waals surface area contributed by atoms with E-state index in [1.54, 1.807) is 20.8 Å². The van der Waals surface area contributed by atoms with Crippen LogP contribution in [0.25, 0.3) is 0 Å². The fourth-order valence-corrected chi connectivity index (χ4v) is 5.38. The second-order valence-corrected chi connectivity index (χ2v) is 8.92. The maximum absolute atomic E-state index is 12.2. The second kappa shape index (κ2) is 5.59. The van der Waals surface area contributed by atoms with Gasteiger partial charge in [0.15, 0.2) is 0 Å². The number of carbonyl (C=O) groups is 2. The summed E-state index contributed by atoms with van der Waals surface area (Å²) in [6.07, 6.45) is 2.19. The van der Waals surface area contributed by atoms with Crippen LogP contribution in [0.3, 0.4) is 0 Å². The molecule has 6 nitrogen and oxygen atoms in total. The molecule has 1 amide bonds. The summed E-state index contributed by atoms with van der Waals surface area (Å²) in [5, 5.41) is 11.9. The first kappa shape index (κ1) is 16.3. The molecule has 2 unspecified atom stereocenters. The zero-order valence-electron chi connectivity index (χ0n) is 12.7. The number of hydrogen-bond acceptors (Lipinski definition) is 4. The van der Waals surface area contributed by atoms with Crippen LogP contribution in [0, 0.1) is 0 Å². The van der Waals surface area contributed by atoms with E-state index in [0.717, 1.165) is 19.3 Å². The number of carboxylic acids is 1. The quantitative estimate of drug-likeness (QED) is 0.810. The summed E-state index contributed by atoms with van der Waals surface area (Å²) >= 11 is 0. The van der Waals surface area contributed by atoms with Crippen molar-refractivity contribution in [3.63, 3.8) is 0 Å². The molecule has 2 rings (SSSR count). The van der Waals surface area contributed by atoms with Gasteiger partial charge in [0.25, 0.3) is 0 Å². The molecule has 2 fully saturated rings. The van der Waals surface area contributed by atoms with Crippen molar-refractivity contribution in [2.75, 3.05) is 0 Å². The van der Waals surface area contributed by atoms with Gasteiger partial charge in [-0.1, -0.05) is 6.42 Å². The number of amides is 1. The number of aliphatic carboxylic acids is 1. The van der Waals surface area contributed by atoms with Crippen molar-refractivity contribution in [3.05, 3.63) is 0 Å². The van der Waals surface area contributed by atoms with Crippen molar-refractivity contribution in [1.82, 2.24) is 5.32 Å². The molecule has 21 heavy (non-hydrogen) atoms. The van der Waals surface area contributed by atoms with Gasteiger partial charge in [-0.2, -0.15) is 0 Å². The molecule has 2 heterocycles. The summed E-state index contributed by atoms with van der Waals surface area (Å²) < 4.78 is 17.4. The summed E-state index contributed by atoms with van der Waals surface area (Å²) in [4.78, 5) is 23.7. The van der Waals surface area contributed by atoms with Crippen molar-refractivity contribution in [2.45, 2.75) is 74.5 Å². The molecule has 0 radical (unpaired) electrons. The first-order chi connectivity index (χ1) is 9.63. The summed E-state index contributed by atoms with van der Waals surface area (Å²) in [5.41, 5.74) is -2.04. The van der Waals surface area contributed by atoms with E-state index in [1.165, 1.54) is 0 Å². The number of ether oxygens (including phenoxy) is 1. The van der Waals surface area contributed by atoms with Gasteiger partial charge >= 0.3 is 12.1 Å². The first-order valence-electron chi connectivity index (χ1n) is 7.27. The van der Waals surface area contributed by atoms with E-state index in [-0.39, 0.29) is 23.3 Å². The van der Waals surface area contributed by atoms with Crippen LogP contribution >= 0.6 is 0 Å². The highest BCUT2D eigenvalue weighted by atomic mass is 32.2. The van der Waals surface area contributed by atoms with Gasteiger partial charge < -0.3 is 15.2 Å². The van der Waals surface area contributed by atoms with Crippen LogP contribution in [0.15, 0.2) is 0 Å². The van der Waals surface area contributed by atoms with Crippen LogP contribution in [0.1, 0.15) is 52.9 Å². The predicted octanol–water partition coefficient (Wildman–Crippen LogP) is 1.80. The molecule has 2 N–H and O–H groups in total. The average molecular weight is 317 g/mol. The van der Waals surface area contributed by atoms with Crippen LogP contribution < -0.4 is 5.32 Å². The summed E-state index contributed by atoms with van der Waals surface area (Å²) in [7, 11) is -0.988. The molecule has 0 aliphatic carbocycles. The SMILES string of the molecule is CC(C)(C)OC(=O)NC1(C(=O)O)CC2CCCC(C1)S2=O. The Labute approximate surface area is 127 Å². The Kier molecular flexibility index (Phi) is 4.33. The van der Waals surface area contributed by atoms with Crippen LogP contribution in [0.4, 0.5) is 4.79 Å². The van der Waals surface area contributed by atoms with Gasteiger partial charge in [-0.3, -0.25) is 4.21 Å². The lowest BCUT2D eigenvalue weighted by molar-refractivity contribution is -0.146. The molecule has 2 atom stereocenters. The van der Waals surface area contributed by atoms with E-state index in [9.17, 15) is 18.9 Å². The van der Waals surface area contributed by atoms with Gasteiger partial charge in [0, 0.05) is 21.3 Å². The zero-order chi connectivity index (χ0) is 15.8. The summed E-state index contributed by atoms with van der Waals surface area (Å²) in [6.45, 7) is 5.18. The minimum absolute atomic E-state index is 0.150. The molecule has 2 aliphatic heterocycles. The molecule has 7 heteroatoms. The molecule has 0 aromatic carbocycles. The number of carboxylic acid groups (broad SMARTS) is 1. The van der Waals surface area contributed by atoms with Crippen molar-refractivity contribution in [1.29, 1.82) is 0 Å². The molecule has 2 bridgehead atoms. The van der Waals surface area contributed by atoms with Crippen molar-refractivity contribution < 1.29 is 23.6 Å². The first-order valence-corrected chi connectivity index (χ1v) is 8.54. The fourth-order valence-electron chi connectivity index (χ4n) is 3.14. The van der Waals surface area contributed by atoms with E-state index in [0.29, 0.717) is 0 Å². The number of alkyl carbamates (subject to hydrolysis) is 1. The highest BCUT2D eigenvalue weighted by Crippen LogP contribution is 2.39. The Morgan fingerprint density at radius 2 is 1.76 bits per heavy atom. The minimum atomic E-state index is -1.36. The van der Waals surface area contributed by atoms with Crippen molar-refractivity contribution >= 4 is 22.9 Å². The molecular formula is C14H23NO5S. The second-order valence-electron chi connectivity index (χ2n) is 6.93. The highest BCUT2D eigenvalue weighted by molar-refractivity contribution is 7.86. The molecular weight excluding hydrogens is 294 g/mol. The number of fused-ring (bicyclic) bond motifs is 2. The topological polar surface area (TPSA) is 92.7 Å². The third-order valence-electron chi connectivity index (χ3n) is 4.01. The number of nitrogens with one attached hydrogen (secondary N) is 1. The number of carbonyl (C=O) groups excluding carboxylic acids is 1. The molecule has 120 valence electrons. The van der Waals surface area contributed by atoms with Gasteiger partial charge in [0.1, 0.15) is 11.1 Å². The van der Waals surface area contributed by atoms with Gasteiger partial charge in [-0.05, 0) is 46.5 Å². The normalized spacial score (nSPS) is 35.9. The third-order valence-corrected chi connectivity index (χ3v) is 6.13. The number of rotatable bonds is 2. The third kappa shape index (κ3) is 3.56. The maximum Gasteiger partial charge on any atom is 0.408 e. The molecule has 0 spiro atoms. The van der Waals surface area contributed by atoms with Crippen LogP contribution in [-0.4, -0.2) is 43.0 Å². The number of hydrogen-bond donors (Lipinski definition) is 2. The van der Waals surface area contributed by atoms with Gasteiger partial charge in [0.2, 0.25) is 0 Å². The summed E-state index contributed by atoms with van der Waals surface area (Å²) in [6, 6.07) is 0. The maximum atomic E-state index is 12.2. The zero-order valence-corrected chi connectivity index (χ0v) is 13.5. The van der Waals surface area contributed by atoms with Gasteiger partial charge in [-0.15, -0.1) is 0 Å². The molecule has 2 aliphatic rings. The molecule has 0 aromatic heterocycles. The Morgan fingerprint density at radius 3 is 2.19 bits per heavy atom. The summed E-state index contributed by atoms with van der Waals surface area (Å²) in [5.74, 6) is -1.07. The molecule has 0 aromatic rings. The minimum Gasteiger partial charge on any atom is -0.480 e. The molecule has 2 saturated heterocycles. The Hall–Kier alpha value is -1.11. The Balaban J connectivity index is 2.17. The van der Waals surface area contributed by atoms with Crippen LogP contribution in [-0.2, 0) is 20.3 Å². The van der Waals surface area contributed by atoms with Crippen LogP contribution in [0.2, 0.25) is 0 Å². The van der Waals surface area contributed by atoms with E-state index in [2.05, 4.69) is 5.32 Å². The van der Waals surface area contributed by atoms with Crippen molar-refractivity contribution in [2.24, 2.45) is 0 Å². The largest absolute Gasteiger partial charge is 0.480 e. The van der Waals surface area contributed by atoms with Gasteiger partial charge in [0.05, 0.1) is 0 Å². The highest BCUT2D eigenvalue weighted by Gasteiger charge is 2.52. The Bertz CT molecular complexity index is 454. The lowest BCUT2D eigenvalue weighted by atomic mass is 9.82. The Morgan fingerprint density at radius 1 is 1.24 bits per heavy atom. The smallest absolute Gasteiger partial charge is 0.408 e. The lowest BCUT2D eigenvalue weighted by Crippen LogP contribution is -2.63. The lowest BCUT2D eigenvalue weighted by Gasteiger charge is -2.44.